The summed E-state index contributed by atoms with van der Waals surface area (Å²) in [6, 6.07) is 10.0. The van der Waals surface area contributed by atoms with Gasteiger partial charge in [-0.2, -0.15) is 0 Å². The number of halogens is 2. The van der Waals surface area contributed by atoms with E-state index in [1.54, 1.807) is 0 Å². The highest BCUT2D eigenvalue weighted by atomic mass is 35.5. The number of nitrogens with zero attached hydrogens (tertiary/aromatic N) is 1. The first-order valence-electron chi connectivity index (χ1n) is 8.77. The summed E-state index contributed by atoms with van der Waals surface area (Å²) in [7, 11) is 0. The van der Waals surface area contributed by atoms with Crippen molar-refractivity contribution in [3.05, 3.63) is 35.4 Å². The van der Waals surface area contributed by atoms with E-state index in [2.05, 4.69) is 55.3 Å². The molecule has 4 heteroatoms. The second-order valence-corrected chi connectivity index (χ2v) is 6.62. The molecule has 0 saturated carbocycles. The minimum atomic E-state index is 0. The van der Waals surface area contributed by atoms with Gasteiger partial charge in [-0.1, -0.05) is 64.3 Å². The first kappa shape index (κ1) is 22.7. The van der Waals surface area contributed by atoms with Crippen LogP contribution in [0.2, 0.25) is 0 Å². The standard InChI is InChI=1S/C19H32N2.2ClH/c1-4-5-6-7-19(21-14-12-20-13-15-21)18-10-8-17(9-11-18)16(2)3;;/h8-11,16,19-20H,4-7,12-15H2,1-3H3;2*1H/t19-;;/m0../s1. The highest BCUT2D eigenvalue weighted by Gasteiger charge is 2.21. The van der Waals surface area contributed by atoms with E-state index in [1.807, 2.05) is 0 Å². The van der Waals surface area contributed by atoms with Gasteiger partial charge in [-0.3, -0.25) is 4.90 Å². The molecular weight excluding hydrogens is 327 g/mol. The lowest BCUT2D eigenvalue weighted by Gasteiger charge is -2.35. The van der Waals surface area contributed by atoms with Gasteiger partial charge in [0, 0.05) is 32.2 Å². The normalized spacial score (nSPS) is 16.5. The Morgan fingerprint density at radius 2 is 1.52 bits per heavy atom. The molecule has 1 aliphatic heterocycles. The van der Waals surface area contributed by atoms with Crippen LogP contribution in [0.5, 0.6) is 0 Å². The average molecular weight is 361 g/mol. The quantitative estimate of drug-likeness (QED) is 0.673. The van der Waals surface area contributed by atoms with E-state index in [4.69, 9.17) is 0 Å². The Labute approximate surface area is 155 Å². The number of hydrogen-bond acceptors (Lipinski definition) is 2. The SMILES string of the molecule is CCCCC[C@@H](c1ccc(C(C)C)cc1)N1CCNCC1.Cl.Cl. The minimum Gasteiger partial charge on any atom is -0.314 e. The molecule has 1 aromatic carbocycles. The second-order valence-electron chi connectivity index (χ2n) is 6.62. The number of nitrogens with one attached hydrogen (secondary N) is 1. The van der Waals surface area contributed by atoms with Crippen molar-refractivity contribution in [1.29, 1.82) is 0 Å². The molecule has 1 aliphatic rings. The molecule has 2 rings (SSSR count). The van der Waals surface area contributed by atoms with E-state index in [0.29, 0.717) is 12.0 Å². The lowest BCUT2D eigenvalue weighted by molar-refractivity contribution is 0.162. The summed E-state index contributed by atoms with van der Waals surface area (Å²) < 4.78 is 0. The zero-order valence-electron chi connectivity index (χ0n) is 14.9. The molecule has 0 amide bonds. The summed E-state index contributed by atoms with van der Waals surface area (Å²) in [6.07, 6.45) is 5.30. The van der Waals surface area contributed by atoms with Crippen molar-refractivity contribution in [2.75, 3.05) is 26.2 Å². The Morgan fingerprint density at radius 3 is 2.04 bits per heavy atom. The van der Waals surface area contributed by atoms with Crippen LogP contribution in [0.4, 0.5) is 0 Å². The Kier molecular flexibility index (Phi) is 12.0. The Morgan fingerprint density at radius 1 is 0.957 bits per heavy atom. The molecule has 1 heterocycles. The van der Waals surface area contributed by atoms with Gasteiger partial charge in [-0.15, -0.1) is 24.8 Å². The van der Waals surface area contributed by atoms with Gasteiger partial charge in [0.2, 0.25) is 0 Å². The largest absolute Gasteiger partial charge is 0.314 e. The summed E-state index contributed by atoms with van der Waals surface area (Å²) in [5.74, 6) is 0.622. The van der Waals surface area contributed by atoms with Crippen molar-refractivity contribution in [2.45, 2.75) is 58.4 Å². The predicted octanol–water partition coefficient (Wildman–Crippen LogP) is 5.18. The first-order chi connectivity index (χ1) is 10.2. The van der Waals surface area contributed by atoms with Gasteiger partial charge in [0.15, 0.2) is 0 Å². The predicted molar refractivity (Wildman–Crippen MR) is 106 cm³/mol. The molecule has 0 aliphatic carbocycles. The van der Waals surface area contributed by atoms with Crippen molar-refractivity contribution in [2.24, 2.45) is 0 Å². The summed E-state index contributed by atoms with van der Waals surface area (Å²) in [5, 5.41) is 3.47. The molecule has 0 aromatic heterocycles. The second kappa shape index (κ2) is 12.1. The Hall–Kier alpha value is -0.280. The number of piperazine rings is 1. The maximum absolute atomic E-state index is 3.47. The lowest BCUT2D eigenvalue weighted by Crippen LogP contribution is -2.45. The van der Waals surface area contributed by atoms with Crippen LogP contribution in [0.3, 0.4) is 0 Å². The molecule has 2 nitrogen and oxygen atoms in total. The van der Waals surface area contributed by atoms with E-state index in [9.17, 15) is 0 Å². The Bertz CT molecular complexity index is 400. The Balaban J connectivity index is 0.00000242. The van der Waals surface area contributed by atoms with Crippen LogP contribution in [0.25, 0.3) is 0 Å². The van der Waals surface area contributed by atoms with Crippen molar-refractivity contribution in [3.63, 3.8) is 0 Å². The average Bonchev–Trinajstić information content (AvgIpc) is 2.53. The number of benzene rings is 1. The van der Waals surface area contributed by atoms with Gasteiger partial charge in [0.25, 0.3) is 0 Å². The molecule has 0 unspecified atom stereocenters. The fraction of sp³-hybridized carbons (Fsp3) is 0.684. The van der Waals surface area contributed by atoms with E-state index in [0.717, 1.165) is 13.1 Å². The molecule has 134 valence electrons. The van der Waals surface area contributed by atoms with Gasteiger partial charge < -0.3 is 5.32 Å². The topological polar surface area (TPSA) is 15.3 Å². The lowest BCUT2D eigenvalue weighted by atomic mass is 9.95. The summed E-state index contributed by atoms with van der Waals surface area (Å²) >= 11 is 0. The maximum Gasteiger partial charge on any atom is 0.0349 e. The molecule has 1 N–H and O–H groups in total. The zero-order valence-corrected chi connectivity index (χ0v) is 16.5. The van der Waals surface area contributed by atoms with Crippen LogP contribution < -0.4 is 5.32 Å². The van der Waals surface area contributed by atoms with Gasteiger partial charge in [0.1, 0.15) is 0 Å². The minimum absolute atomic E-state index is 0. The van der Waals surface area contributed by atoms with Gasteiger partial charge in [-0.25, -0.2) is 0 Å². The molecule has 0 bridgehead atoms. The first-order valence-corrected chi connectivity index (χ1v) is 8.77. The molecule has 1 saturated heterocycles. The van der Waals surface area contributed by atoms with Crippen LogP contribution in [-0.4, -0.2) is 31.1 Å². The van der Waals surface area contributed by atoms with Crippen LogP contribution in [-0.2, 0) is 0 Å². The third kappa shape index (κ3) is 7.01. The fourth-order valence-electron chi connectivity index (χ4n) is 3.24. The van der Waals surface area contributed by atoms with E-state index in [-0.39, 0.29) is 24.8 Å². The summed E-state index contributed by atoms with van der Waals surface area (Å²) in [6.45, 7) is 11.5. The zero-order chi connectivity index (χ0) is 15.1. The number of hydrogen-bond donors (Lipinski definition) is 1. The van der Waals surface area contributed by atoms with Gasteiger partial charge >= 0.3 is 0 Å². The summed E-state index contributed by atoms with van der Waals surface area (Å²) in [4.78, 5) is 2.68. The fourth-order valence-corrected chi connectivity index (χ4v) is 3.24. The molecule has 1 aromatic rings. The highest BCUT2D eigenvalue weighted by Crippen LogP contribution is 2.28. The molecular formula is C19H34Cl2N2. The van der Waals surface area contributed by atoms with Crippen molar-refractivity contribution in [1.82, 2.24) is 10.2 Å². The van der Waals surface area contributed by atoms with Gasteiger partial charge in [-0.05, 0) is 23.5 Å². The maximum atomic E-state index is 3.47. The third-order valence-corrected chi connectivity index (χ3v) is 4.66. The van der Waals surface area contributed by atoms with Crippen LogP contribution in [0.15, 0.2) is 24.3 Å². The van der Waals surface area contributed by atoms with E-state index < -0.39 is 0 Å². The molecule has 1 atom stereocenters. The monoisotopic (exact) mass is 360 g/mol. The molecule has 0 spiro atoms. The van der Waals surface area contributed by atoms with Crippen LogP contribution in [0, 0.1) is 0 Å². The van der Waals surface area contributed by atoms with Crippen molar-refractivity contribution < 1.29 is 0 Å². The van der Waals surface area contributed by atoms with Crippen molar-refractivity contribution in [3.8, 4) is 0 Å². The highest BCUT2D eigenvalue weighted by molar-refractivity contribution is 5.85. The molecule has 0 radical (unpaired) electrons. The van der Waals surface area contributed by atoms with E-state index in [1.165, 1.54) is 49.9 Å². The third-order valence-electron chi connectivity index (χ3n) is 4.66. The van der Waals surface area contributed by atoms with Crippen molar-refractivity contribution >= 4 is 24.8 Å². The molecule has 23 heavy (non-hydrogen) atoms. The van der Waals surface area contributed by atoms with Crippen LogP contribution in [0.1, 0.15) is 69.5 Å². The van der Waals surface area contributed by atoms with Crippen LogP contribution >= 0.6 is 24.8 Å². The summed E-state index contributed by atoms with van der Waals surface area (Å²) in [5.41, 5.74) is 2.96. The number of rotatable bonds is 7. The molecule has 1 fully saturated rings. The number of unbranched alkanes of at least 4 members (excludes halogenated alkanes) is 2. The van der Waals surface area contributed by atoms with Gasteiger partial charge in [0.05, 0.1) is 0 Å². The van der Waals surface area contributed by atoms with E-state index >= 15 is 0 Å². The smallest absolute Gasteiger partial charge is 0.0349 e.